The molecule has 0 bridgehead atoms. The topological polar surface area (TPSA) is 157 Å². The van der Waals surface area contributed by atoms with Gasteiger partial charge in [-0.3, -0.25) is 19.2 Å². The second-order valence-electron chi connectivity index (χ2n) is 9.37. The number of carbonyl (C=O) groups is 1. The highest BCUT2D eigenvalue weighted by molar-refractivity contribution is 7.91. The number of aromatic nitrogens is 4. The smallest absolute Gasteiger partial charge is 0.438 e. The number of ether oxygens (including phenoxy) is 1. The average molecular weight is 574 g/mol. The van der Waals surface area contributed by atoms with Gasteiger partial charge in [-0.1, -0.05) is 42.2 Å². The van der Waals surface area contributed by atoms with E-state index in [0.29, 0.717) is 0 Å². The molecule has 1 aromatic carbocycles. The van der Waals surface area contributed by atoms with Crippen LogP contribution in [0.15, 0.2) is 42.2 Å². The van der Waals surface area contributed by atoms with Gasteiger partial charge < -0.3 is 4.74 Å². The summed E-state index contributed by atoms with van der Waals surface area (Å²) in [6, 6.07) is 3.60. The number of hydrogen-bond donors (Lipinski definition) is 1. The molecular formula is C22H25Cl2N5O7S. The zero-order valence-corrected chi connectivity index (χ0v) is 23.2. The SMILES string of the molecule is CC(C)c1cc(S(=O)(=O)c2c(Cl)cc(N(Cc3noc(=O)[nH]3)C(=O)OC(C)(C)C)cc2Cl)nn(C)c1=O. The highest BCUT2D eigenvalue weighted by Gasteiger charge is 2.31. The van der Waals surface area contributed by atoms with Crippen molar-refractivity contribution < 1.29 is 22.5 Å². The van der Waals surface area contributed by atoms with Crippen molar-refractivity contribution in [3.63, 3.8) is 0 Å². The summed E-state index contributed by atoms with van der Waals surface area (Å²) in [6.45, 7) is 8.15. The number of aromatic amines is 1. The Morgan fingerprint density at radius 1 is 1.19 bits per heavy atom. The Morgan fingerprint density at radius 3 is 2.27 bits per heavy atom. The largest absolute Gasteiger partial charge is 0.443 e. The lowest BCUT2D eigenvalue weighted by atomic mass is 10.1. The number of hydrogen-bond acceptors (Lipinski definition) is 9. The van der Waals surface area contributed by atoms with Crippen molar-refractivity contribution in [2.45, 2.75) is 62.6 Å². The number of nitrogens with one attached hydrogen (secondary N) is 1. The maximum absolute atomic E-state index is 13.5. The number of halogens is 2. The Morgan fingerprint density at radius 2 is 1.78 bits per heavy atom. The van der Waals surface area contributed by atoms with Crippen LogP contribution >= 0.6 is 23.2 Å². The molecule has 200 valence electrons. The molecule has 0 saturated carbocycles. The molecule has 0 fully saturated rings. The summed E-state index contributed by atoms with van der Waals surface area (Å²) >= 11 is 12.8. The van der Waals surface area contributed by atoms with Crippen LogP contribution in [0, 0.1) is 0 Å². The number of rotatable bonds is 6. The van der Waals surface area contributed by atoms with Gasteiger partial charge in [0.25, 0.3) is 5.56 Å². The molecule has 1 amide bonds. The summed E-state index contributed by atoms with van der Waals surface area (Å²) in [6.07, 6.45) is -0.847. The molecule has 0 radical (unpaired) electrons. The molecule has 0 aliphatic rings. The number of amides is 1. The summed E-state index contributed by atoms with van der Waals surface area (Å²) in [7, 11) is -3.05. The first-order chi connectivity index (χ1) is 17.0. The second kappa shape index (κ2) is 10.3. The molecule has 3 aromatic rings. The quantitative estimate of drug-likeness (QED) is 0.464. The lowest BCUT2D eigenvalue weighted by molar-refractivity contribution is 0.0576. The fourth-order valence-corrected chi connectivity index (χ4v) is 5.71. The Bertz CT molecular complexity index is 1550. The van der Waals surface area contributed by atoms with Gasteiger partial charge in [0, 0.05) is 12.6 Å². The van der Waals surface area contributed by atoms with Crippen molar-refractivity contribution >= 4 is 44.8 Å². The number of benzene rings is 1. The molecule has 15 heteroatoms. The number of nitrogens with zero attached hydrogens (tertiary/aromatic N) is 4. The van der Waals surface area contributed by atoms with Crippen LogP contribution in [0.1, 0.15) is 51.9 Å². The van der Waals surface area contributed by atoms with Gasteiger partial charge in [-0.15, -0.1) is 0 Å². The third-order valence-corrected chi connectivity index (χ3v) is 7.48. The van der Waals surface area contributed by atoms with Gasteiger partial charge in [0.1, 0.15) is 10.5 Å². The first-order valence-electron chi connectivity index (χ1n) is 10.9. The zero-order valence-electron chi connectivity index (χ0n) is 20.8. The summed E-state index contributed by atoms with van der Waals surface area (Å²) in [5.74, 6) is -1.10. The van der Waals surface area contributed by atoms with Gasteiger partial charge in [0.15, 0.2) is 10.9 Å². The van der Waals surface area contributed by atoms with E-state index < -0.39 is 42.8 Å². The average Bonchev–Trinajstić information content (AvgIpc) is 3.16. The lowest BCUT2D eigenvalue weighted by Gasteiger charge is -2.27. The number of anilines is 1. The van der Waals surface area contributed by atoms with Crippen molar-refractivity contribution in [3.05, 3.63) is 60.5 Å². The molecule has 0 atom stereocenters. The lowest BCUT2D eigenvalue weighted by Crippen LogP contribution is -2.37. The second-order valence-corrected chi connectivity index (χ2v) is 12.0. The molecule has 0 saturated heterocycles. The van der Waals surface area contributed by atoms with Crippen LogP contribution in [0.3, 0.4) is 0 Å². The van der Waals surface area contributed by atoms with E-state index in [1.165, 1.54) is 25.2 Å². The highest BCUT2D eigenvalue weighted by atomic mass is 35.5. The molecular weight excluding hydrogens is 549 g/mol. The highest BCUT2D eigenvalue weighted by Crippen LogP contribution is 2.38. The molecule has 37 heavy (non-hydrogen) atoms. The van der Waals surface area contributed by atoms with Crippen LogP contribution in [0.5, 0.6) is 0 Å². The Kier molecular flexibility index (Phi) is 7.91. The normalized spacial score (nSPS) is 12.1. The van der Waals surface area contributed by atoms with E-state index in [4.69, 9.17) is 27.9 Å². The molecule has 0 spiro atoms. The Balaban J connectivity index is 2.13. The van der Waals surface area contributed by atoms with Crippen LogP contribution in [0.25, 0.3) is 0 Å². The monoisotopic (exact) mass is 573 g/mol. The van der Waals surface area contributed by atoms with E-state index >= 15 is 0 Å². The number of aryl methyl sites for hydroxylation is 1. The summed E-state index contributed by atoms with van der Waals surface area (Å²) < 4.78 is 37.8. The van der Waals surface area contributed by atoms with Crippen molar-refractivity contribution in [2.75, 3.05) is 4.90 Å². The Labute approximate surface area is 222 Å². The van der Waals surface area contributed by atoms with Gasteiger partial charge in [-0.05, 0) is 44.9 Å². The van der Waals surface area contributed by atoms with Crippen LogP contribution in [-0.2, 0) is 28.2 Å². The number of H-pyrrole nitrogens is 1. The zero-order chi connectivity index (χ0) is 27.9. The van der Waals surface area contributed by atoms with Crippen LogP contribution in [0.2, 0.25) is 10.0 Å². The summed E-state index contributed by atoms with van der Waals surface area (Å²) in [5.41, 5.74) is -1.01. The van der Waals surface area contributed by atoms with Gasteiger partial charge >= 0.3 is 11.8 Å². The molecule has 2 heterocycles. The fourth-order valence-electron chi connectivity index (χ4n) is 3.27. The molecule has 0 aliphatic heterocycles. The number of carbonyl (C=O) groups excluding carboxylic acids is 1. The summed E-state index contributed by atoms with van der Waals surface area (Å²) in [4.78, 5) is 39.6. The predicted molar refractivity (Wildman–Crippen MR) is 135 cm³/mol. The van der Waals surface area contributed by atoms with Gasteiger partial charge in [-0.2, -0.15) is 5.10 Å². The minimum atomic E-state index is -4.39. The van der Waals surface area contributed by atoms with Gasteiger partial charge in [-0.25, -0.2) is 22.7 Å². The van der Waals surface area contributed by atoms with E-state index in [0.717, 1.165) is 9.58 Å². The van der Waals surface area contributed by atoms with Crippen LogP contribution in [-0.4, -0.2) is 40.0 Å². The van der Waals surface area contributed by atoms with Crippen molar-refractivity contribution in [3.8, 4) is 0 Å². The maximum atomic E-state index is 13.5. The standard InChI is InChI=1S/C22H25Cl2N5O7S/c1-11(2)13-9-17(26-28(6)19(13)30)37(33,34)18-14(23)7-12(8-15(18)24)29(21(32)35-22(3,4)5)10-16-25-20(31)36-27-16/h7-9,11H,10H2,1-6H3,(H,25,27,31). The first-order valence-corrected chi connectivity index (χ1v) is 13.1. The van der Waals surface area contributed by atoms with Crippen LogP contribution < -0.4 is 16.2 Å². The third kappa shape index (κ3) is 6.22. The predicted octanol–water partition coefficient (Wildman–Crippen LogP) is 3.66. The van der Waals surface area contributed by atoms with Crippen molar-refractivity contribution in [2.24, 2.45) is 7.05 Å². The van der Waals surface area contributed by atoms with E-state index in [2.05, 4.69) is 19.8 Å². The third-order valence-electron chi connectivity index (χ3n) is 4.94. The maximum Gasteiger partial charge on any atom is 0.438 e. The van der Waals surface area contributed by atoms with E-state index in [1.54, 1.807) is 34.6 Å². The molecule has 12 nitrogen and oxygen atoms in total. The van der Waals surface area contributed by atoms with E-state index in [-0.39, 0.29) is 39.6 Å². The van der Waals surface area contributed by atoms with Crippen molar-refractivity contribution in [1.29, 1.82) is 0 Å². The van der Waals surface area contributed by atoms with Gasteiger partial charge in [0.2, 0.25) is 9.84 Å². The summed E-state index contributed by atoms with van der Waals surface area (Å²) in [5, 5.41) is 6.40. The first kappa shape index (κ1) is 28.4. The number of sulfone groups is 1. The minimum absolute atomic E-state index is 0.00424. The van der Waals surface area contributed by atoms with Crippen molar-refractivity contribution in [1.82, 2.24) is 19.9 Å². The fraction of sp³-hybridized carbons (Fsp3) is 0.409. The molecule has 0 aliphatic carbocycles. The van der Waals surface area contributed by atoms with Crippen LogP contribution in [0.4, 0.5) is 10.5 Å². The van der Waals surface area contributed by atoms with E-state index in [1.807, 2.05) is 0 Å². The molecule has 3 rings (SSSR count). The minimum Gasteiger partial charge on any atom is -0.443 e. The molecule has 1 N–H and O–H groups in total. The van der Waals surface area contributed by atoms with E-state index in [9.17, 15) is 22.8 Å². The van der Waals surface area contributed by atoms with Gasteiger partial charge in [0.05, 0.1) is 22.3 Å². The molecule has 0 unspecified atom stereocenters. The Hall–Kier alpha value is -3.16. The molecule has 2 aromatic heterocycles.